The van der Waals surface area contributed by atoms with Crippen LogP contribution in [0.15, 0.2) is 109 Å². The van der Waals surface area contributed by atoms with Gasteiger partial charge in [-0.25, -0.2) is 4.98 Å². The van der Waals surface area contributed by atoms with Gasteiger partial charge in [0.05, 0.1) is 28.6 Å². The number of imidazole rings is 1. The average Bonchev–Trinajstić information content (AvgIpc) is 3.24. The van der Waals surface area contributed by atoms with E-state index in [9.17, 15) is 0 Å². The summed E-state index contributed by atoms with van der Waals surface area (Å²) in [5, 5.41) is 0.652. The molecule has 0 radical (unpaired) electrons. The summed E-state index contributed by atoms with van der Waals surface area (Å²) in [6, 6.07) is 37.3. The van der Waals surface area contributed by atoms with Gasteiger partial charge < -0.3 is 9.30 Å². The number of rotatable bonds is 9. The number of aromatic nitrogens is 2. The van der Waals surface area contributed by atoms with Crippen molar-refractivity contribution < 1.29 is 4.74 Å². The van der Waals surface area contributed by atoms with Gasteiger partial charge in [-0.1, -0.05) is 96.5 Å². The number of hydrogen-bond donors (Lipinski definition) is 0. The maximum absolute atomic E-state index is 6.22. The zero-order valence-corrected chi connectivity index (χ0v) is 19.7. The first-order valence-electron chi connectivity index (χ1n) is 11.7. The topological polar surface area (TPSA) is 27.1 Å². The highest BCUT2D eigenvalue weighted by Crippen LogP contribution is 2.33. The molecule has 0 bridgehead atoms. The molecule has 0 spiro atoms. The Hall–Kier alpha value is -3.56. The first-order valence-corrected chi connectivity index (χ1v) is 12.1. The summed E-state index contributed by atoms with van der Waals surface area (Å²) >= 11 is 6.22. The predicted molar refractivity (Wildman–Crippen MR) is 140 cm³/mol. The fraction of sp³-hybridized carbons (Fsp3) is 0.167. The molecule has 4 aromatic carbocycles. The second-order valence-corrected chi connectivity index (χ2v) is 8.76. The van der Waals surface area contributed by atoms with E-state index in [0.29, 0.717) is 11.6 Å². The highest BCUT2D eigenvalue weighted by molar-refractivity contribution is 6.32. The van der Waals surface area contributed by atoms with E-state index >= 15 is 0 Å². The second kappa shape index (κ2) is 10.6. The van der Waals surface area contributed by atoms with E-state index < -0.39 is 0 Å². The molecule has 0 atom stereocenters. The lowest BCUT2D eigenvalue weighted by molar-refractivity contribution is 0.303. The molecule has 0 saturated carbocycles. The number of unbranched alkanes of at least 4 members (excludes halogenated alkanes) is 1. The molecule has 0 N–H and O–H groups in total. The van der Waals surface area contributed by atoms with E-state index in [1.807, 2.05) is 24.3 Å². The Morgan fingerprint density at radius 1 is 0.706 bits per heavy atom. The molecule has 0 aliphatic rings. The van der Waals surface area contributed by atoms with E-state index in [-0.39, 0.29) is 5.92 Å². The highest BCUT2D eigenvalue weighted by atomic mass is 35.5. The number of benzene rings is 4. The van der Waals surface area contributed by atoms with Crippen molar-refractivity contribution in [2.24, 2.45) is 0 Å². The van der Waals surface area contributed by atoms with E-state index in [2.05, 4.69) is 89.5 Å². The fourth-order valence-electron chi connectivity index (χ4n) is 4.45. The molecule has 0 fully saturated rings. The lowest BCUT2D eigenvalue weighted by atomic mass is 9.90. The molecule has 0 saturated heterocycles. The first kappa shape index (κ1) is 22.2. The smallest absolute Gasteiger partial charge is 0.137 e. The molecule has 5 aromatic rings. The molecule has 0 aliphatic heterocycles. The van der Waals surface area contributed by atoms with Gasteiger partial charge in [0.15, 0.2) is 0 Å². The van der Waals surface area contributed by atoms with Crippen LogP contribution < -0.4 is 4.74 Å². The zero-order chi connectivity index (χ0) is 23.2. The van der Waals surface area contributed by atoms with Crippen molar-refractivity contribution in [3.63, 3.8) is 0 Å². The van der Waals surface area contributed by atoms with Gasteiger partial charge in [-0.05, 0) is 48.2 Å². The minimum absolute atomic E-state index is 0.0641. The summed E-state index contributed by atoms with van der Waals surface area (Å²) in [7, 11) is 0. The van der Waals surface area contributed by atoms with Crippen LogP contribution in [0.3, 0.4) is 0 Å². The van der Waals surface area contributed by atoms with Crippen LogP contribution >= 0.6 is 11.6 Å². The predicted octanol–water partition coefficient (Wildman–Crippen LogP) is 7.73. The summed E-state index contributed by atoms with van der Waals surface area (Å²) in [6.07, 6.45) is 1.91. The van der Waals surface area contributed by atoms with E-state index in [0.717, 1.165) is 36.5 Å². The average molecular weight is 467 g/mol. The number of aryl methyl sites for hydroxylation is 1. The Kier molecular flexibility index (Phi) is 6.92. The largest absolute Gasteiger partial charge is 0.492 e. The summed E-state index contributed by atoms with van der Waals surface area (Å²) in [6.45, 7) is 1.50. The lowest BCUT2D eigenvalue weighted by Crippen LogP contribution is -2.13. The first-order chi connectivity index (χ1) is 16.8. The third-order valence-electron chi connectivity index (χ3n) is 6.08. The summed E-state index contributed by atoms with van der Waals surface area (Å²) in [5.41, 5.74) is 4.68. The molecule has 4 heteroatoms. The maximum Gasteiger partial charge on any atom is 0.137 e. The normalized spacial score (nSPS) is 11.2. The van der Waals surface area contributed by atoms with E-state index in [1.54, 1.807) is 0 Å². The molecular formula is C30H27ClN2O. The number of para-hydroxylation sites is 3. The number of fused-ring (bicyclic) bond motifs is 1. The van der Waals surface area contributed by atoms with Gasteiger partial charge in [-0.15, -0.1) is 0 Å². The molecular weight excluding hydrogens is 440 g/mol. The Morgan fingerprint density at radius 3 is 2.03 bits per heavy atom. The van der Waals surface area contributed by atoms with Crippen LogP contribution in [-0.4, -0.2) is 16.2 Å². The second-order valence-electron chi connectivity index (χ2n) is 8.35. The zero-order valence-electron chi connectivity index (χ0n) is 19.0. The van der Waals surface area contributed by atoms with Crippen molar-refractivity contribution >= 4 is 22.6 Å². The standard InChI is InChI=1S/C30H27ClN2O/c31-25-17-7-10-20-28(25)34-22-12-11-21-33-27-19-9-8-18-26(27)32-30(33)29(23-13-3-1-4-14-23)24-15-5-2-6-16-24/h1-10,13-20,29H,11-12,21-22H2. The summed E-state index contributed by atoms with van der Waals surface area (Å²) in [5.74, 6) is 1.88. The van der Waals surface area contributed by atoms with Crippen LogP contribution in [0.1, 0.15) is 35.7 Å². The molecule has 1 heterocycles. The van der Waals surface area contributed by atoms with Crippen molar-refractivity contribution in [1.29, 1.82) is 0 Å². The molecule has 5 rings (SSSR count). The van der Waals surface area contributed by atoms with Crippen LogP contribution in [-0.2, 0) is 6.54 Å². The SMILES string of the molecule is Clc1ccccc1OCCCCn1c(C(c2ccccc2)c2ccccc2)nc2ccccc21. The Morgan fingerprint density at radius 2 is 1.32 bits per heavy atom. The Bertz CT molecular complexity index is 1310. The number of ether oxygens (including phenoxy) is 1. The third-order valence-corrected chi connectivity index (χ3v) is 6.39. The van der Waals surface area contributed by atoms with Gasteiger partial charge in [0.1, 0.15) is 11.6 Å². The third kappa shape index (κ3) is 4.85. The van der Waals surface area contributed by atoms with Gasteiger partial charge in [0, 0.05) is 6.54 Å². The molecule has 0 aliphatic carbocycles. The number of halogens is 1. The van der Waals surface area contributed by atoms with Crippen molar-refractivity contribution in [3.05, 3.63) is 131 Å². The van der Waals surface area contributed by atoms with E-state index in [1.165, 1.54) is 16.6 Å². The van der Waals surface area contributed by atoms with Crippen LogP contribution in [0.4, 0.5) is 0 Å². The minimum Gasteiger partial charge on any atom is -0.492 e. The van der Waals surface area contributed by atoms with Crippen molar-refractivity contribution in [2.75, 3.05) is 6.61 Å². The van der Waals surface area contributed by atoms with E-state index in [4.69, 9.17) is 21.3 Å². The molecule has 34 heavy (non-hydrogen) atoms. The number of nitrogens with zero attached hydrogens (tertiary/aromatic N) is 2. The highest BCUT2D eigenvalue weighted by Gasteiger charge is 2.23. The van der Waals surface area contributed by atoms with Gasteiger partial charge >= 0.3 is 0 Å². The quantitative estimate of drug-likeness (QED) is 0.208. The van der Waals surface area contributed by atoms with Crippen molar-refractivity contribution in [2.45, 2.75) is 25.3 Å². The molecule has 170 valence electrons. The van der Waals surface area contributed by atoms with Crippen LogP contribution in [0.25, 0.3) is 11.0 Å². The number of hydrogen-bond acceptors (Lipinski definition) is 2. The van der Waals surface area contributed by atoms with Crippen LogP contribution in [0, 0.1) is 0 Å². The van der Waals surface area contributed by atoms with Crippen molar-refractivity contribution in [3.8, 4) is 5.75 Å². The maximum atomic E-state index is 6.22. The minimum atomic E-state index is 0.0641. The van der Waals surface area contributed by atoms with Crippen molar-refractivity contribution in [1.82, 2.24) is 9.55 Å². The van der Waals surface area contributed by atoms with Gasteiger partial charge in [-0.3, -0.25) is 0 Å². The Balaban J connectivity index is 1.42. The molecule has 0 amide bonds. The lowest BCUT2D eigenvalue weighted by Gasteiger charge is -2.20. The van der Waals surface area contributed by atoms with Crippen LogP contribution in [0.5, 0.6) is 5.75 Å². The molecule has 0 unspecified atom stereocenters. The molecule has 3 nitrogen and oxygen atoms in total. The Labute approximate surface area is 205 Å². The van der Waals surface area contributed by atoms with Gasteiger partial charge in [0.25, 0.3) is 0 Å². The van der Waals surface area contributed by atoms with Crippen LogP contribution in [0.2, 0.25) is 5.02 Å². The summed E-state index contributed by atoms with van der Waals surface area (Å²) in [4.78, 5) is 5.14. The van der Waals surface area contributed by atoms with Gasteiger partial charge in [-0.2, -0.15) is 0 Å². The van der Waals surface area contributed by atoms with Gasteiger partial charge in [0.2, 0.25) is 0 Å². The summed E-state index contributed by atoms with van der Waals surface area (Å²) < 4.78 is 8.29. The fourth-order valence-corrected chi connectivity index (χ4v) is 4.64. The monoisotopic (exact) mass is 466 g/mol. The molecule has 1 aromatic heterocycles.